The normalized spacial score (nSPS) is 10.5. The van der Waals surface area contributed by atoms with Crippen molar-refractivity contribution in [2.45, 2.75) is 0 Å². The second-order valence-corrected chi connectivity index (χ2v) is 7.27. The molecule has 2 aromatic heterocycles. The van der Waals surface area contributed by atoms with Crippen LogP contribution in [-0.4, -0.2) is 44.2 Å². The zero-order valence-corrected chi connectivity index (χ0v) is 19.4. The van der Waals surface area contributed by atoms with Gasteiger partial charge in [-0.2, -0.15) is 0 Å². The minimum atomic E-state index is -0.198. The van der Waals surface area contributed by atoms with Crippen LogP contribution in [0.15, 0.2) is 73.1 Å². The molecular formula is C27H24N2O5. The zero-order valence-electron chi connectivity index (χ0n) is 19.4. The van der Waals surface area contributed by atoms with Gasteiger partial charge in [0.25, 0.3) is 0 Å². The number of ether oxygens (including phenoxy) is 4. The summed E-state index contributed by atoms with van der Waals surface area (Å²) in [4.78, 5) is 22.8. The molecule has 2 aromatic carbocycles. The largest absolute Gasteiger partial charge is 0.493 e. The van der Waals surface area contributed by atoms with Crippen LogP contribution in [0.1, 0.15) is 15.9 Å². The number of methoxy groups -OCH3 is 4. The van der Waals surface area contributed by atoms with Gasteiger partial charge in [0.1, 0.15) is 0 Å². The average molecular weight is 456 g/mol. The molecule has 0 amide bonds. The van der Waals surface area contributed by atoms with E-state index >= 15 is 0 Å². The Balaban J connectivity index is 1.81. The number of hydrogen-bond acceptors (Lipinski definition) is 7. The molecule has 0 N–H and O–H groups in total. The van der Waals surface area contributed by atoms with Crippen LogP contribution in [0.2, 0.25) is 0 Å². The van der Waals surface area contributed by atoms with Gasteiger partial charge in [0.05, 0.1) is 39.8 Å². The van der Waals surface area contributed by atoms with Crippen LogP contribution in [0.25, 0.3) is 22.5 Å². The Kier molecular flexibility index (Phi) is 6.73. The van der Waals surface area contributed by atoms with Gasteiger partial charge in [0, 0.05) is 34.6 Å². The number of pyridine rings is 2. The van der Waals surface area contributed by atoms with E-state index in [2.05, 4.69) is 9.97 Å². The summed E-state index contributed by atoms with van der Waals surface area (Å²) in [6.07, 6.45) is 3.31. The highest BCUT2D eigenvalue weighted by molar-refractivity contribution is 6.15. The molecule has 0 atom stereocenters. The van der Waals surface area contributed by atoms with Crippen LogP contribution < -0.4 is 18.9 Å². The fourth-order valence-corrected chi connectivity index (χ4v) is 3.75. The van der Waals surface area contributed by atoms with E-state index in [-0.39, 0.29) is 5.78 Å². The van der Waals surface area contributed by atoms with Gasteiger partial charge in [0.2, 0.25) is 0 Å². The number of aromatic nitrogens is 2. The first kappa shape index (κ1) is 22.8. The number of rotatable bonds is 8. The third-order valence-corrected chi connectivity index (χ3v) is 5.42. The molecule has 2 heterocycles. The van der Waals surface area contributed by atoms with Gasteiger partial charge in [0.15, 0.2) is 28.8 Å². The predicted octanol–water partition coefficient (Wildman–Crippen LogP) is 5.08. The number of nitrogens with zero attached hydrogens (tertiary/aromatic N) is 2. The molecule has 0 radical (unpaired) electrons. The Labute approximate surface area is 197 Å². The lowest BCUT2D eigenvalue weighted by Gasteiger charge is -2.14. The molecule has 0 aliphatic carbocycles. The van der Waals surface area contributed by atoms with E-state index in [9.17, 15) is 4.79 Å². The minimum absolute atomic E-state index is 0.198. The maximum absolute atomic E-state index is 13.8. The fraction of sp³-hybridized carbons (Fsp3) is 0.148. The van der Waals surface area contributed by atoms with E-state index in [1.165, 1.54) is 0 Å². The lowest BCUT2D eigenvalue weighted by molar-refractivity contribution is 0.103. The molecule has 0 unspecified atom stereocenters. The molecule has 0 aliphatic rings. The number of ketones is 1. The number of benzene rings is 2. The first-order valence-corrected chi connectivity index (χ1v) is 10.5. The molecular weight excluding hydrogens is 432 g/mol. The molecule has 0 saturated carbocycles. The van der Waals surface area contributed by atoms with Gasteiger partial charge in [-0.15, -0.1) is 0 Å². The highest BCUT2D eigenvalue weighted by Crippen LogP contribution is 2.36. The second kappa shape index (κ2) is 10.0. The lowest BCUT2D eigenvalue weighted by atomic mass is 9.95. The van der Waals surface area contributed by atoms with E-state index < -0.39 is 0 Å². The Morgan fingerprint density at radius 1 is 0.588 bits per heavy atom. The molecule has 7 heteroatoms. The summed E-state index contributed by atoms with van der Waals surface area (Å²) in [7, 11) is 6.28. The highest BCUT2D eigenvalue weighted by Gasteiger charge is 2.21. The summed E-state index contributed by atoms with van der Waals surface area (Å²) >= 11 is 0. The van der Waals surface area contributed by atoms with Crippen molar-refractivity contribution >= 4 is 5.78 Å². The van der Waals surface area contributed by atoms with E-state index in [1.54, 1.807) is 89.4 Å². The standard InChI is InChI=1S/C27H24N2O5/c1-31-21-11-9-17(15-23(21)33-3)25-19(7-5-13-28-25)27(30)20-8-6-14-29-26(20)18-10-12-22(32-2)24(16-18)34-4/h5-16H,1-4H3. The molecule has 0 saturated heterocycles. The summed E-state index contributed by atoms with van der Waals surface area (Å²) in [5, 5.41) is 0. The van der Waals surface area contributed by atoms with Crippen LogP contribution in [0.5, 0.6) is 23.0 Å². The lowest BCUT2D eigenvalue weighted by Crippen LogP contribution is -2.08. The van der Waals surface area contributed by atoms with Crippen LogP contribution in [0, 0.1) is 0 Å². The van der Waals surface area contributed by atoms with Gasteiger partial charge in [-0.3, -0.25) is 14.8 Å². The van der Waals surface area contributed by atoms with Crippen LogP contribution in [0.4, 0.5) is 0 Å². The first-order valence-electron chi connectivity index (χ1n) is 10.5. The van der Waals surface area contributed by atoms with Crippen molar-refractivity contribution in [2.24, 2.45) is 0 Å². The van der Waals surface area contributed by atoms with Crippen LogP contribution in [0.3, 0.4) is 0 Å². The SMILES string of the molecule is COc1ccc(-c2ncccc2C(=O)c2cccnc2-c2ccc(OC)c(OC)c2)cc1OC. The molecule has 0 spiro atoms. The molecule has 172 valence electrons. The van der Waals surface area contributed by atoms with Gasteiger partial charge in [-0.1, -0.05) is 0 Å². The first-order chi connectivity index (χ1) is 16.6. The monoisotopic (exact) mass is 456 g/mol. The molecule has 34 heavy (non-hydrogen) atoms. The zero-order chi connectivity index (χ0) is 24.1. The van der Waals surface area contributed by atoms with Crippen LogP contribution in [-0.2, 0) is 0 Å². The topological polar surface area (TPSA) is 79.8 Å². The van der Waals surface area contributed by atoms with E-state index in [0.29, 0.717) is 45.5 Å². The average Bonchev–Trinajstić information content (AvgIpc) is 2.91. The van der Waals surface area contributed by atoms with E-state index in [4.69, 9.17) is 18.9 Å². The molecule has 7 nitrogen and oxygen atoms in total. The summed E-state index contributed by atoms with van der Waals surface area (Å²) in [6.45, 7) is 0. The Bertz CT molecular complexity index is 1240. The number of hydrogen-bond donors (Lipinski definition) is 0. The molecule has 0 bridgehead atoms. The second-order valence-electron chi connectivity index (χ2n) is 7.27. The predicted molar refractivity (Wildman–Crippen MR) is 129 cm³/mol. The van der Waals surface area contributed by atoms with Crippen molar-refractivity contribution in [1.82, 2.24) is 9.97 Å². The Hall–Kier alpha value is -4.39. The highest BCUT2D eigenvalue weighted by atomic mass is 16.5. The number of carbonyl (C=O) groups excluding carboxylic acids is 1. The third-order valence-electron chi connectivity index (χ3n) is 5.42. The quantitative estimate of drug-likeness (QED) is 0.342. The summed E-state index contributed by atoms with van der Waals surface area (Å²) in [5.74, 6) is 2.10. The van der Waals surface area contributed by atoms with E-state index in [0.717, 1.165) is 11.1 Å². The molecule has 4 aromatic rings. The summed E-state index contributed by atoms with van der Waals surface area (Å²) in [5.41, 5.74) is 3.44. The van der Waals surface area contributed by atoms with Crippen molar-refractivity contribution in [2.75, 3.05) is 28.4 Å². The summed E-state index contributed by atoms with van der Waals surface area (Å²) in [6, 6.07) is 17.9. The molecule has 4 rings (SSSR count). The van der Waals surface area contributed by atoms with Crippen molar-refractivity contribution in [1.29, 1.82) is 0 Å². The maximum Gasteiger partial charge on any atom is 0.197 e. The van der Waals surface area contributed by atoms with Crippen molar-refractivity contribution in [3.05, 3.63) is 84.2 Å². The van der Waals surface area contributed by atoms with Crippen molar-refractivity contribution < 1.29 is 23.7 Å². The fourth-order valence-electron chi connectivity index (χ4n) is 3.75. The summed E-state index contributed by atoms with van der Waals surface area (Å²) < 4.78 is 21.5. The van der Waals surface area contributed by atoms with Crippen molar-refractivity contribution in [3.8, 4) is 45.5 Å². The van der Waals surface area contributed by atoms with Gasteiger partial charge in [-0.25, -0.2) is 0 Å². The van der Waals surface area contributed by atoms with Crippen molar-refractivity contribution in [3.63, 3.8) is 0 Å². The van der Waals surface area contributed by atoms with Gasteiger partial charge >= 0.3 is 0 Å². The number of carbonyl (C=O) groups is 1. The van der Waals surface area contributed by atoms with E-state index in [1.807, 2.05) is 12.1 Å². The van der Waals surface area contributed by atoms with Gasteiger partial charge < -0.3 is 18.9 Å². The van der Waals surface area contributed by atoms with Gasteiger partial charge in [-0.05, 0) is 60.7 Å². The molecule has 0 fully saturated rings. The minimum Gasteiger partial charge on any atom is -0.493 e. The molecule has 0 aliphatic heterocycles. The smallest absolute Gasteiger partial charge is 0.197 e. The Morgan fingerprint density at radius 2 is 1.00 bits per heavy atom. The van der Waals surface area contributed by atoms with Crippen LogP contribution >= 0.6 is 0 Å². The third kappa shape index (κ3) is 4.28. The Morgan fingerprint density at radius 3 is 1.38 bits per heavy atom. The maximum atomic E-state index is 13.8.